The molecule has 52 nitrogen and oxygen atoms in total. The molecule has 5 aromatic rings. The molecule has 0 radical (unpaired) electrons. The number of carboxylic acid groups (broad SMARTS) is 1. The van der Waals surface area contributed by atoms with E-state index in [0.29, 0.717) is 27.8 Å². The van der Waals surface area contributed by atoms with Crippen LogP contribution in [-0.2, 0) is 128 Å². The zero-order valence-corrected chi connectivity index (χ0v) is 76.7. The van der Waals surface area contributed by atoms with Gasteiger partial charge < -0.3 is 222 Å². The van der Waals surface area contributed by atoms with E-state index in [2.05, 4.69) is 41.4 Å². The number of hydrogen-bond donors (Lipinski definition) is 26. The molecule has 38 atom stereocenters. The average molecular weight is 2020 g/mol. The Bertz CT molecular complexity index is 4650. The Morgan fingerprint density at radius 2 is 0.662 bits per heavy atom. The second-order valence-electron chi connectivity index (χ2n) is 34.2. The summed E-state index contributed by atoms with van der Waals surface area (Å²) in [6.07, 6.45) is -53.8. The highest BCUT2D eigenvalue weighted by molar-refractivity contribution is 5.70. The van der Waals surface area contributed by atoms with Crippen LogP contribution in [0.2, 0.25) is 0 Å². The number of carbonyl (C=O) groups is 6. The van der Waals surface area contributed by atoms with Gasteiger partial charge in [-0.05, 0) is 40.7 Å². The van der Waals surface area contributed by atoms with Crippen molar-refractivity contribution >= 4 is 42.8 Å². The summed E-state index contributed by atoms with van der Waals surface area (Å²) in [5.74, 6) is -0.833. The number of aliphatic hydroxyl groups excluding tert-OH is 16. The first-order valence-electron chi connectivity index (χ1n) is 45.3. The van der Waals surface area contributed by atoms with Crippen molar-refractivity contribution in [3.8, 4) is 0 Å². The summed E-state index contributed by atoms with van der Waals surface area (Å²) in [5.41, 5.74) is 27.5. The Morgan fingerprint density at radius 3 is 1.07 bits per heavy atom. The minimum Gasteiger partial charge on any atom is -0.481 e. The van der Waals surface area contributed by atoms with Crippen molar-refractivity contribution < 1.29 is 206 Å². The van der Waals surface area contributed by atoms with Crippen LogP contribution in [0.15, 0.2) is 157 Å². The number of nitrogens with one attached hydrogen (secondary N) is 5. The summed E-state index contributed by atoms with van der Waals surface area (Å²) < 4.78 is 99.6. The number of nitrogens with two attached hydrogens (primary N) is 4. The summed E-state index contributed by atoms with van der Waals surface area (Å²) in [5, 5.41) is 195. The lowest BCUT2D eigenvalue weighted by molar-refractivity contribution is -0.314. The fourth-order valence-corrected chi connectivity index (χ4v) is 16.6. The van der Waals surface area contributed by atoms with E-state index in [1.807, 2.05) is 0 Å². The maximum absolute atomic E-state index is 14.0. The molecule has 0 aromatic heterocycles. The molecule has 30 N–H and O–H groups in total. The molecule has 13 rings (SSSR count). The fraction of sp³-hybridized carbons (Fsp3) is 0.589. The molecule has 0 spiro atoms. The first kappa shape index (κ1) is 112. The van der Waals surface area contributed by atoms with Crippen LogP contribution in [0.3, 0.4) is 0 Å². The Morgan fingerprint density at radius 1 is 0.345 bits per heavy atom. The lowest BCUT2D eigenvalue weighted by Gasteiger charge is -2.48. The third-order valence-corrected chi connectivity index (χ3v) is 24.2. The summed E-state index contributed by atoms with van der Waals surface area (Å²) in [7, 11) is 1.25. The van der Waals surface area contributed by atoms with E-state index in [1.54, 1.807) is 152 Å². The monoisotopic (exact) mass is 2020 g/mol. The number of aliphatic hydroxyl groups is 16. The van der Waals surface area contributed by atoms with Gasteiger partial charge in [0.2, 0.25) is 6.40 Å². The number of aliphatic carboxylic acids is 1. The lowest BCUT2D eigenvalue weighted by Crippen LogP contribution is -2.70. The van der Waals surface area contributed by atoms with Crippen molar-refractivity contribution in [2.45, 2.75) is 285 Å². The van der Waals surface area contributed by atoms with Gasteiger partial charge in [0.1, 0.15) is 186 Å². The summed E-state index contributed by atoms with van der Waals surface area (Å²) in [4.78, 5) is 89.4. The second kappa shape index (κ2) is 54.8. The summed E-state index contributed by atoms with van der Waals surface area (Å²) in [6, 6.07) is 32.0. The zero-order chi connectivity index (χ0) is 103. The molecule has 0 bridgehead atoms. The first-order valence-corrected chi connectivity index (χ1v) is 45.3. The van der Waals surface area contributed by atoms with Crippen LogP contribution in [0, 0.1) is 0 Å². The standard InChI is InChI=1S/C63H75N5O24.C25H47N5O16.C2H4O2/c69-28-43-49(73)51(75)46(68-63(81)86-34-39-24-14-5-15-25-39)57(88-43)90-53-41(66-61(79)84-32-37-20-10-3-11-21-37)26-40(65-60(78)83-31-36-18-8-2-9-19-36)47(71)55(53)92-58-52(76)54(44(29-70)89-58)91-56-45(67-62(80)85-33-38-22-12-4-13-23-38)50(74)48(72)42(87-56)27-64-59(77)82-30-35-16-6-1-7-17-35;1-39-40-6-30-3-9-15(34)17(36)12(28)23(41-9)45-21-11(5-32)43-25(19(21)38)46-22-14(33)7(26)2-8(27)20(22)44-24-13(29)18(37)16(35)10(4-31)42-24;1-2(3)4/h1-25,40-58,69-76H,26-34H2,(H,64,77)(H,65,78)(H,66,79)(H,67,80)(H,68,81);6-25,31-38H,2-5,26-29H2,1H3;1H3,(H,3,4). The van der Waals surface area contributed by atoms with Crippen molar-refractivity contribution in [1.82, 2.24) is 26.6 Å². The highest BCUT2D eigenvalue weighted by atomic mass is 17.2. The summed E-state index contributed by atoms with van der Waals surface area (Å²) >= 11 is 0. The van der Waals surface area contributed by atoms with Crippen molar-refractivity contribution in [2.24, 2.45) is 27.9 Å². The van der Waals surface area contributed by atoms with Gasteiger partial charge in [-0.1, -0.05) is 152 Å². The van der Waals surface area contributed by atoms with Crippen LogP contribution >= 0.6 is 0 Å². The van der Waals surface area contributed by atoms with Gasteiger partial charge in [-0.3, -0.25) is 9.79 Å². The van der Waals surface area contributed by atoms with Gasteiger partial charge in [0, 0.05) is 25.6 Å². The Balaban J connectivity index is 0.000000321. The third kappa shape index (κ3) is 30.6. The van der Waals surface area contributed by atoms with Crippen molar-refractivity contribution in [3.05, 3.63) is 179 Å². The van der Waals surface area contributed by atoms with Crippen LogP contribution in [0.1, 0.15) is 47.6 Å². The van der Waals surface area contributed by atoms with E-state index < -0.39 is 308 Å². The molecular weight excluding hydrogens is 1890 g/mol. The number of aliphatic imine (C=N–C) groups is 1. The van der Waals surface area contributed by atoms with Crippen LogP contribution in [0.4, 0.5) is 24.0 Å². The number of benzene rings is 5. The van der Waals surface area contributed by atoms with Crippen LogP contribution in [0.5, 0.6) is 0 Å². The maximum Gasteiger partial charge on any atom is 0.407 e. The van der Waals surface area contributed by atoms with Crippen LogP contribution < -0.4 is 49.5 Å². The molecule has 6 heterocycles. The molecule has 5 amide bonds. The highest BCUT2D eigenvalue weighted by Crippen LogP contribution is 2.39. The van der Waals surface area contributed by atoms with Crippen molar-refractivity contribution in [2.75, 3.05) is 46.6 Å². The molecule has 8 fully saturated rings. The van der Waals surface area contributed by atoms with Gasteiger partial charge in [-0.15, -0.1) is 0 Å². The van der Waals surface area contributed by atoms with E-state index in [4.69, 9.17) is 113 Å². The normalized spacial score (nSPS) is 36.0. The van der Waals surface area contributed by atoms with Crippen LogP contribution in [0.25, 0.3) is 0 Å². The number of alkyl carbamates (subject to hydrolysis) is 5. The molecular formula is C90H126N10O42. The largest absolute Gasteiger partial charge is 0.481 e. The number of nitrogens with zero attached hydrogens (tertiary/aromatic N) is 1. The predicted molar refractivity (Wildman–Crippen MR) is 476 cm³/mol. The van der Waals surface area contributed by atoms with E-state index in [-0.39, 0.29) is 46.0 Å². The number of rotatable bonds is 36. The fourth-order valence-electron chi connectivity index (χ4n) is 16.6. The maximum atomic E-state index is 14.0. The Labute approximate surface area is 811 Å². The molecule has 52 heteroatoms. The predicted octanol–water partition coefficient (Wildman–Crippen LogP) is -7.15. The van der Waals surface area contributed by atoms with E-state index >= 15 is 0 Å². The Hall–Kier alpha value is -9.93. The molecule has 38 unspecified atom stereocenters. The van der Waals surface area contributed by atoms with E-state index in [9.17, 15) is 106 Å². The number of carboxylic acids is 1. The second-order valence-corrected chi connectivity index (χ2v) is 34.2. The number of carbonyl (C=O) groups excluding carboxylic acids is 5. The lowest BCUT2D eigenvalue weighted by atomic mass is 9.83. The SMILES string of the molecule is CC(=O)O.COOC=NCC1OC(OC2C(CO)OC(OC3C(O)C(N)CC(N)C3OC3OC(CO)C(O)C(O)C3N)C2O)C(N)C(O)C1O.O=C(NCC1OC(OC2C(CO)OC(OC3C(O)C(NC(=O)OCc4ccccc4)CC(NC(=O)OCc4ccccc4)C3OC3OC(CO)C(O)C(O)C3NC(=O)OCc3ccccc3)C2O)C(NC(=O)OCc2ccccc2)C(O)C1O)OCc1ccccc1. The van der Waals surface area contributed by atoms with E-state index in [1.165, 1.54) is 7.11 Å². The molecule has 8 aliphatic rings. The Kier molecular flexibility index (Phi) is 43.4. The minimum absolute atomic E-state index is 0.0508. The quantitative estimate of drug-likeness (QED) is 0.00582. The molecule has 788 valence electrons. The molecule has 2 aliphatic carbocycles. The minimum atomic E-state index is -2.08. The number of hydrogen-bond acceptors (Lipinski definition) is 46. The van der Waals surface area contributed by atoms with Gasteiger partial charge in [0.05, 0.1) is 70.4 Å². The summed E-state index contributed by atoms with van der Waals surface area (Å²) in [6.45, 7) is -3.98. The van der Waals surface area contributed by atoms with Gasteiger partial charge in [0.15, 0.2) is 37.7 Å². The van der Waals surface area contributed by atoms with Gasteiger partial charge in [-0.25, -0.2) is 24.0 Å². The molecule has 2 saturated carbocycles. The molecule has 6 saturated heterocycles. The number of ether oxygens (including phenoxy) is 17. The smallest absolute Gasteiger partial charge is 0.407 e. The molecule has 5 aromatic carbocycles. The average Bonchev–Trinajstić information content (AvgIpc) is 1.34. The highest BCUT2D eigenvalue weighted by Gasteiger charge is 2.60. The zero-order valence-electron chi connectivity index (χ0n) is 76.7. The van der Waals surface area contributed by atoms with Gasteiger partial charge >= 0.3 is 30.5 Å². The van der Waals surface area contributed by atoms with Gasteiger partial charge in [0.25, 0.3) is 5.97 Å². The first-order chi connectivity index (χ1) is 68.1. The third-order valence-electron chi connectivity index (χ3n) is 24.2. The van der Waals surface area contributed by atoms with E-state index in [0.717, 1.165) is 13.3 Å². The molecule has 6 aliphatic heterocycles. The molecule has 142 heavy (non-hydrogen) atoms. The van der Waals surface area contributed by atoms with Crippen molar-refractivity contribution in [1.29, 1.82) is 0 Å². The topological polar surface area (TPSA) is 798 Å². The van der Waals surface area contributed by atoms with Gasteiger partial charge in [-0.2, -0.15) is 4.89 Å². The van der Waals surface area contributed by atoms with Crippen LogP contribution in [-0.4, -0.2) is 409 Å². The van der Waals surface area contributed by atoms with Crippen molar-refractivity contribution in [3.63, 3.8) is 0 Å². The number of amides is 5.